The number of imidazole rings is 1. The van der Waals surface area contributed by atoms with Crippen LogP contribution in [0.25, 0.3) is 11.0 Å². The van der Waals surface area contributed by atoms with E-state index in [0.29, 0.717) is 11.7 Å². The molecule has 20 heavy (non-hydrogen) atoms. The maximum Gasteiger partial charge on any atom is 0.273 e. The molecule has 0 atom stereocenters. The van der Waals surface area contributed by atoms with Gasteiger partial charge in [-0.1, -0.05) is 6.58 Å². The smallest absolute Gasteiger partial charge is 0.273 e. The van der Waals surface area contributed by atoms with Crippen LogP contribution in [0.15, 0.2) is 35.8 Å². The van der Waals surface area contributed by atoms with Crippen LogP contribution in [0.5, 0.6) is 0 Å². The standard InChI is InChI=1S/C13H16N6O/c1-8(2)19(4)18-9(3)12(20)17-13-15-10-5-6-14-7-11(10)16-13/h5-7H,1H2,2-4H3,(H2,15,16,17,20)/b18-9+. The number of carbonyl (C=O) groups is 1. The van der Waals surface area contributed by atoms with E-state index in [0.717, 1.165) is 16.7 Å². The van der Waals surface area contributed by atoms with Crippen LogP contribution in [-0.2, 0) is 4.79 Å². The van der Waals surface area contributed by atoms with Crippen molar-refractivity contribution in [2.24, 2.45) is 5.10 Å². The van der Waals surface area contributed by atoms with E-state index in [1.54, 1.807) is 39.4 Å². The van der Waals surface area contributed by atoms with Crippen molar-refractivity contribution in [1.82, 2.24) is 20.0 Å². The van der Waals surface area contributed by atoms with Crippen LogP contribution in [0.2, 0.25) is 0 Å². The highest BCUT2D eigenvalue weighted by Crippen LogP contribution is 2.12. The average molecular weight is 272 g/mol. The number of nitrogens with one attached hydrogen (secondary N) is 2. The molecule has 0 saturated carbocycles. The van der Waals surface area contributed by atoms with E-state index in [4.69, 9.17) is 0 Å². The highest BCUT2D eigenvalue weighted by atomic mass is 16.2. The van der Waals surface area contributed by atoms with Gasteiger partial charge in [-0.3, -0.25) is 20.1 Å². The molecule has 0 aliphatic carbocycles. The van der Waals surface area contributed by atoms with Crippen LogP contribution in [0, 0.1) is 0 Å². The monoisotopic (exact) mass is 272 g/mol. The molecular formula is C13H16N6O. The predicted molar refractivity (Wildman–Crippen MR) is 78.2 cm³/mol. The van der Waals surface area contributed by atoms with Gasteiger partial charge >= 0.3 is 0 Å². The maximum atomic E-state index is 12.0. The van der Waals surface area contributed by atoms with Gasteiger partial charge < -0.3 is 4.98 Å². The van der Waals surface area contributed by atoms with Gasteiger partial charge in [-0.05, 0) is 19.9 Å². The van der Waals surface area contributed by atoms with E-state index in [1.807, 2.05) is 0 Å². The van der Waals surface area contributed by atoms with Gasteiger partial charge in [-0.25, -0.2) is 4.98 Å². The number of hydrogen-bond donors (Lipinski definition) is 2. The second kappa shape index (κ2) is 5.52. The summed E-state index contributed by atoms with van der Waals surface area (Å²) in [6, 6.07) is 1.76. The minimum absolute atomic E-state index is 0.314. The number of pyridine rings is 1. The summed E-state index contributed by atoms with van der Waals surface area (Å²) >= 11 is 0. The molecule has 0 saturated heterocycles. The molecule has 0 unspecified atom stereocenters. The Balaban J connectivity index is 2.13. The van der Waals surface area contributed by atoms with Crippen LogP contribution >= 0.6 is 0 Å². The van der Waals surface area contributed by atoms with Crippen molar-refractivity contribution in [2.45, 2.75) is 13.8 Å². The Labute approximate surface area is 116 Å². The first-order chi connectivity index (χ1) is 9.47. The first-order valence-corrected chi connectivity index (χ1v) is 6.03. The average Bonchev–Trinajstić information content (AvgIpc) is 2.80. The minimum atomic E-state index is -0.329. The number of hydrazone groups is 1. The molecule has 2 N–H and O–H groups in total. The SMILES string of the molecule is C=C(C)N(C)/N=C(\C)C(=O)Nc1nc2ccncc2[nH]1. The van der Waals surface area contributed by atoms with Gasteiger partial charge in [0.2, 0.25) is 5.95 Å². The number of aromatic amines is 1. The van der Waals surface area contributed by atoms with Crippen LogP contribution < -0.4 is 5.32 Å². The van der Waals surface area contributed by atoms with Crippen molar-refractivity contribution in [3.05, 3.63) is 30.7 Å². The van der Waals surface area contributed by atoms with Gasteiger partial charge in [-0.15, -0.1) is 0 Å². The number of rotatable bonds is 4. The second-order valence-electron chi connectivity index (χ2n) is 4.38. The first-order valence-electron chi connectivity index (χ1n) is 6.03. The summed E-state index contributed by atoms with van der Waals surface area (Å²) in [5.41, 5.74) is 2.56. The number of nitrogens with zero attached hydrogens (tertiary/aromatic N) is 4. The maximum absolute atomic E-state index is 12.0. The van der Waals surface area contributed by atoms with Crippen LogP contribution in [0.3, 0.4) is 0 Å². The topological polar surface area (TPSA) is 86.3 Å². The van der Waals surface area contributed by atoms with E-state index in [1.165, 1.54) is 5.01 Å². The summed E-state index contributed by atoms with van der Waals surface area (Å²) in [7, 11) is 1.73. The zero-order valence-corrected chi connectivity index (χ0v) is 11.6. The Morgan fingerprint density at radius 1 is 1.50 bits per heavy atom. The summed E-state index contributed by atoms with van der Waals surface area (Å²) in [6.45, 7) is 7.17. The normalized spacial score (nSPS) is 11.4. The van der Waals surface area contributed by atoms with Crippen molar-refractivity contribution < 1.29 is 4.79 Å². The van der Waals surface area contributed by atoms with Crippen molar-refractivity contribution in [3.8, 4) is 0 Å². The molecule has 0 fully saturated rings. The van der Waals surface area contributed by atoms with Gasteiger partial charge in [0, 0.05) is 18.9 Å². The summed E-state index contributed by atoms with van der Waals surface area (Å²) in [6.07, 6.45) is 3.29. The van der Waals surface area contributed by atoms with Gasteiger partial charge in [0.15, 0.2) is 0 Å². The van der Waals surface area contributed by atoms with Gasteiger partial charge in [0.05, 0.1) is 17.2 Å². The molecule has 2 aromatic heterocycles. The molecule has 0 radical (unpaired) electrons. The summed E-state index contributed by atoms with van der Waals surface area (Å²) in [5, 5.41) is 8.30. The van der Waals surface area contributed by atoms with E-state index < -0.39 is 0 Å². The fraction of sp³-hybridized carbons (Fsp3) is 0.231. The molecule has 0 aliphatic heterocycles. The van der Waals surface area contributed by atoms with Crippen molar-refractivity contribution >= 4 is 28.6 Å². The van der Waals surface area contributed by atoms with E-state index in [2.05, 4.69) is 31.9 Å². The number of carbonyl (C=O) groups excluding carboxylic acids is 1. The van der Waals surface area contributed by atoms with Crippen LogP contribution in [0.4, 0.5) is 5.95 Å². The first kappa shape index (κ1) is 13.7. The molecular weight excluding hydrogens is 256 g/mol. The largest absolute Gasteiger partial charge is 0.323 e. The van der Waals surface area contributed by atoms with E-state index in [-0.39, 0.29) is 5.91 Å². The summed E-state index contributed by atoms with van der Waals surface area (Å²) in [4.78, 5) is 23.2. The number of aromatic nitrogens is 3. The molecule has 0 aromatic carbocycles. The lowest BCUT2D eigenvalue weighted by Gasteiger charge is -2.12. The lowest BCUT2D eigenvalue weighted by molar-refractivity contribution is -0.110. The van der Waals surface area contributed by atoms with Crippen LogP contribution in [0.1, 0.15) is 13.8 Å². The van der Waals surface area contributed by atoms with Crippen molar-refractivity contribution in [3.63, 3.8) is 0 Å². The molecule has 2 heterocycles. The molecule has 0 aliphatic rings. The Kier molecular flexibility index (Phi) is 3.79. The zero-order chi connectivity index (χ0) is 14.7. The fourth-order valence-electron chi connectivity index (χ4n) is 1.47. The third kappa shape index (κ3) is 3.00. The number of anilines is 1. The van der Waals surface area contributed by atoms with Crippen LogP contribution in [-0.4, -0.2) is 38.6 Å². The summed E-state index contributed by atoms with van der Waals surface area (Å²) < 4.78 is 0. The number of amides is 1. The number of allylic oxidation sites excluding steroid dienone is 1. The van der Waals surface area contributed by atoms with E-state index in [9.17, 15) is 4.79 Å². The Hall–Kier alpha value is -2.70. The molecule has 0 spiro atoms. The minimum Gasteiger partial charge on any atom is -0.323 e. The van der Waals surface area contributed by atoms with Gasteiger partial charge in [0.1, 0.15) is 5.71 Å². The lowest BCUT2D eigenvalue weighted by Crippen LogP contribution is -2.23. The fourth-order valence-corrected chi connectivity index (χ4v) is 1.47. The molecule has 2 aromatic rings. The van der Waals surface area contributed by atoms with Gasteiger partial charge in [0.25, 0.3) is 5.91 Å². The molecule has 2 rings (SSSR count). The molecule has 7 heteroatoms. The number of fused-ring (bicyclic) bond motifs is 1. The third-order valence-corrected chi connectivity index (χ3v) is 2.70. The highest BCUT2D eigenvalue weighted by molar-refractivity contribution is 6.42. The van der Waals surface area contributed by atoms with Crippen molar-refractivity contribution in [1.29, 1.82) is 0 Å². The second-order valence-corrected chi connectivity index (χ2v) is 4.38. The zero-order valence-electron chi connectivity index (χ0n) is 11.6. The Bertz CT molecular complexity index is 654. The molecule has 0 bridgehead atoms. The number of hydrogen-bond acceptors (Lipinski definition) is 5. The molecule has 7 nitrogen and oxygen atoms in total. The Morgan fingerprint density at radius 2 is 2.25 bits per heavy atom. The highest BCUT2D eigenvalue weighted by Gasteiger charge is 2.10. The Morgan fingerprint density at radius 3 is 2.90 bits per heavy atom. The quantitative estimate of drug-likeness (QED) is 0.655. The number of H-pyrrole nitrogens is 1. The molecule has 1 amide bonds. The van der Waals surface area contributed by atoms with Crippen molar-refractivity contribution in [2.75, 3.05) is 12.4 Å². The van der Waals surface area contributed by atoms with E-state index >= 15 is 0 Å². The summed E-state index contributed by atoms with van der Waals surface area (Å²) in [5.74, 6) is 0.0376. The predicted octanol–water partition coefficient (Wildman–Crippen LogP) is 1.74. The molecule has 104 valence electrons. The lowest BCUT2D eigenvalue weighted by atomic mass is 10.4. The van der Waals surface area contributed by atoms with Gasteiger partial charge in [-0.2, -0.15) is 5.10 Å². The third-order valence-electron chi connectivity index (χ3n) is 2.70.